The maximum Gasteiger partial charge on any atom is 0.306 e. The van der Waals surface area contributed by atoms with Gasteiger partial charge in [-0.3, -0.25) is 29.5 Å². The Balaban J connectivity index is 2.36. The molecule has 0 fully saturated rings. The van der Waals surface area contributed by atoms with Crippen LogP contribution in [0, 0.1) is 10.1 Å². The third-order valence-electron chi connectivity index (χ3n) is 4.16. The zero-order chi connectivity index (χ0) is 21.4. The lowest BCUT2D eigenvalue weighted by atomic mass is 9.87. The molecule has 0 saturated carbocycles. The van der Waals surface area contributed by atoms with E-state index in [0.717, 1.165) is 0 Å². The van der Waals surface area contributed by atoms with Crippen molar-refractivity contribution in [2.24, 2.45) is 5.73 Å². The minimum absolute atomic E-state index is 0.135. The van der Waals surface area contributed by atoms with Gasteiger partial charge < -0.3 is 15.8 Å². The van der Waals surface area contributed by atoms with Gasteiger partial charge in [-0.15, -0.1) is 0 Å². The molecular formula is C19H20N4O6. The predicted molar refractivity (Wildman–Crippen MR) is 102 cm³/mol. The summed E-state index contributed by atoms with van der Waals surface area (Å²) in [7, 11) is 0. The van der Waals surface area contributed by atoms with Crippen LogP contribution in [0.25, 0.3) is 0 Å². The Morgan fingerprint density at radius 3 is 2.31 bits per heavy atom. The van der Waals surface area contributed by atoms with Crippen molar-refractivity contribution in [3.63, 3.8) is 0 Å². The summed E-state index contributed by atoms with van der Waals surface area (Å²) < 4.78 is 4.96. The van der Waals surface area contributed by atoms with E-state index in [1.807, 2.05) is 0 Å². The second kappa shape index (κ2) is 9.93. The van der Waals surface area contributed by atoms with Crippen molar-refractivity contribution in [1.82, 2.24) is 10.3 Å². The van der Waals surface area contributed by atoms with Gasteiger partial charge in [0, 0.05) is 36.0 Å². The number of nitro benzene ring substituents is 1. The number of nitrogens with two attached hydrogens (primary N) is 1. The molecule has 1 aromatic heterocycles. The number of carbonyl (C=O) groups excluding carboxylic acids is 3. The maximum absolute atomic E-state index is 12.5. The third-order valence-corrected chi connectivity index (χ3v) is 4.16. The van der Waals surface area contributed by atoms with Crippen LogP contribution in [0.2, 0.25) is 0 Å². The van der Waals surface area contributed by atoms with Gasteiger partial charge in [0.05, 0.1) is 18.0 Å². The molecule has 2 amide bonds. The predicted octanol–water partition coefficient (Wildman–Crippen LogP) is 1.31. The monoisotopic (exact) mass is 400 g/mol. The van der Waals surface area contributed by atoms with Crippen LogP contribution in [0.5, 0.6) is 0 Å². The first kappa shape index (κ1) is 21.5. The SMILES string of the molecule is CCOC(=O)C[C@H](c1ccc([N+](=O)[O-])cc1)[C@@H](NC(=O)c1ccncc1)C(N)=O. The van der Waals surface area contributed by atoms with Gasteiger partial charge in [-0.05, 0) is 24.6 Å². The molecule has 0 radical (unpaired) electrons. The first-order valence-electron chi connectivity index (χ1n) is 8.73. The molecule has 152 valence electrons. The highest BCUT2D eigenvalue weighted by atomic mass is 16.6. The number of primary amides is 1. The lowest BCUT2D eigenvalue weighted by Crippen LogP contribution is -2.48. The van der Waals surface area contributed by atoms with E-state index in [-0.39, 0.29) is 24.3 Å². The Morgan fingerprint density at radius 1 is 1.17 bits per heavy atom. The number of rotatable bonds is 9. The van der Waals surface area contributed by atoms with Gasteiger partial charge in [-0.2, -0.15) is 0 Å². The molecule has 2 aromatic rings. The molecule has 0 aliphatic rings. The number of amides is 2. The molecule has 0 spiro atoms. The highest BCUT2D eigenvalue weighted by Gasteiger charge is 2.32. The number of nitrogens with one attached hydrogen (secondary N) is 1. The number of nitro groups is 1. The lowest BCUT2D eigenvalue weighted by molar-refractivity contribution is -0.384. The van der Waals surface area contributed by atoms with Crippen molar-refractivity contribution in [1.29, 1.82) is 0 Å². The summed E-state index contributed by atoms with van der Waals surface area (Å²) in [5.74, 6) is -2.91. The number of esters is 1. The largest absolute Gasteiger partial charge is 0.466 e. The van der Waals surface area contributed by atoms with Crippen LogP contribution in [0.1, 0.15) is 35.2 Å². The number of carbonyl (C=O) groups is 3. The zero-order valence-corrected chi connectivity index (χ0v) is 15.6. The summed E-state index contributed by atoms with van der Waals surface area (Å²) >= 11 is 0. The van der Waals surface area contributed by atoms with E-state index in [9.17, 15) is 24.5 Å². The molecule has 0 aliphatic heterocycles. The minimum Gasteiger partial charge on any atom is -0.466 e. The number of pyridine rings is 1. The minimum atomic E-state index is -1.25. The molecule has 10 nitrogen and oxygen atoms in total. The molecule has 29 heavy (non-hydrogen) atoms. The fourth-order valence-electron chi connectivity index (χ4n) is 2.77. The average Bonchev–Trinajstić information content (AvgIpc) is 2.71. The Labute approximate surface area is 166 Å². The van der Waals surface area contributed by atoms with E-state index in [1.54, 1.807) is 6.92 Å². The maximum atomic E-state index is 12.5. The van der Waals surface area contributed by atoms with Crippen molar-refractivity contribution in [3.8, 4) is 0 Å². The molecule has 3 N–H and O–H groups in total. The number of benzene rings is 1. The molecule has 0 aliphatic carbocycles. The van der Waals surface area contributed by atoms with Gasteiger partial charge in [0.25, 0.3) is 11.6 Å². The van der Waals surface area contributed by atoms with Crippen LogP contribution in [-0.2, 0) is 14.3 Å². The Hall–Kier alpha value is -3.82. The number of hydrogen-bond donors (Lipinski definition) is 2. The number of hydrogen-bond acceptors (Lipinski definition) is 7. The normalized spacial score (nSPS) is 12.4. The van der Waals surface area contributed by atoms with Crippen LogP contribution in [0.4, 0.5) is 5.69 Å². The standard InChI is InChI=1S/C19H20N4O6/c1-2-29-16(24)11-15(12-3-5-14(6-4-12)23(27)28)17(18(20)25)22-19(26)13-7-9-21-10-8-13/h3-10,15,17H,2,11H2,1H3,(H2,20,25)(H,22,26)/t15-,17-/m1/s1. The highest BCUT2D eigenvalue weighted by molar-refractivity contribution is 5.97. The van der Waals surface area contributed by atoms with Crippen molar-refractivity contribution in [2.75, 3.05) is 6.61 Å². The van der Waals surface area contributed by atoms with Gasteiger partial charge in [0.2, 0.25) is 5.91 Å². The summed E-state index contributed by atoms with van der Waals surface area (Å²) in [6.45, 7) is 1.77. The molecule has 1 heterocycles. The fourth-order valence-corrected chi connectivity index (χ4v) is 2.77. The van der Waals surface area contributed by atoms with Crippen LogP contribution in [-0.4, -0.2) is 40.3 Å². The molecule has 1 aromatic carbocycles. The molecule has 2 rings (SSSR count). The van der Waals surface area contributed by atoms with Gasteiger partial charge in [0.1, 0.15) is 6.04 Å². The van der Waals surface area contributed by atoms with Gasteiger partial charge in [-0.1, -0.05) is 12.1 Å². The Kier molecular flexibility index (Phi) is 7.35. The van der Waals surface area contributed by atoms with Crippen LogP contribution >= 0.6 is 0 Å². The van der Waals surface area contributed by atoms with E-state index in [0.29, 0.717) is 5.56 Å². The fraction of sp³-hybridized carbons (Fsp3) is 0.263. The smallest absolute Gasteiger partial charge is 0.306 e. The van der Waals surface area contributed by atoms with E-state index in [2.05, 4.69) is 10.3 Å². The zero-order valence-electron chi connectivity index (χ0n) is 15.6. The summed E-state index contributed by atoms with van der Waals surface area (Å²) in [4.78, 5) is 50.8. The van der Waals surface area contributed by atoms with Crippen molar-refractivity contribution in [3.05, 3.63) is 70.0 Å². The summed E-state index contributed by atoms with van der Waals surface area (Å²) in [5.41, 5.74) is 6.02. The molecule has 10 heteroatoms. The second-order valence-corrected chi connectivity index (χ2v) is 6.05. The number of non-ortho nitro benzene ring substituents is 1. The lowest BCUT2D eigenvalue weighted by Gasteiger charge is -2.25. The van der Waals surface area contributed by atoms with Crippen LogP contribution < -0.4 is 11.1 Å². The van der Waals surface area contributed by atoms with Gasteiger partial charge >= 0.3 is 5.97 Å². The quantitative estimate of drug-likeness (QED) is 0.365. The van der Waals surface area contributed by atoms with E-state index >= 15 is 0 Å². The number of nitrogens with zero attached hydrogens (tertiary/aromatic N) is 2. The highest BCUT2D eigenvalue weighted by Crippen LogP contribution is 2.27. The van der Waals surface area contributed by atoms with E-state index in [4.69, 9.17) is 10.5 Å². The average molecular weight is 400 g/mol. The van der Waals surface area contributed by atoms with Crippen molar-refractivity contribution >= 4 is 23.5 Å². The first-order chi connectivity index (χ1) is 13.8. The Morgan fingerprint density at radius 2 is 1.79 bits per heavy atom. The molecule has 2 atom stereocenters. The topological polar surface area (TPSA) is 155 Å². The molecule has 0 saturated heterocycles. The summed E-state index contributed by atoms with van der Waals surface area (Å²) in [5, 5.41) is 13.4. The number of ether oxygens (including phenoxy) is 1. The van der Waals surface area contributed by atoms with E-state index in [1.165, 1.54) is 48.8 Å². The summed E-state index contributed by atoms with van der Waals surface area (Å²) in [6.07, 6.45) is 2.58. The van der Waals surface area contributed by atoms with E-state index < -0.39 is 34.7 Å². The first-order valence-corrected chi connectivity index (χ1v) is 8.73. The van der Waals surface area contributed by atoms with Crippen molar-refractivity contribution in [2.45, 2.75) is 25.3 Å². The molecule has 0 bridgehead atoms. The number of aromatic nitrogens is 1. The Bertz CT molecular complexity index is 885. The van der Waals surface area contributed by atoms with Gasteiger partial charge in [0.15, 0.2) is 0 Å². The van der Waals surface area contributed by atoms with Crippen molar-refractivity contribution < 1.29 is 24.0 Å². The molecule has 0 unspecified atom stereocenters. The second-order valence-electron chi connectivity index (χ2n) is 6.05. The molecular weight excluding hydrogens is 380 g/mol. The van der Waals surface area contributed by atoms with Crippen LogP contribution in [0.3, 0.4) is 0 Å². The van der Waals surface area contributed by atoms with Gasteiger partial charge in [-0.25, -0.2) is 0 Å². The van der Waals surface area contributed by atoms with Crippen LogP contribution in [0.15, 0.2) is 48.8 Å². The third kappa shape index (κ3) is 5.83. The summed E-state index contributed by atoms with van der Waals surface area (Å²) in [6, 6.07) is 6.99.